The van der Waals surface area contributed by atoms with E-state index < -0.39 is 0 Å². The average molecular weight is 292 g/mol. The first kappa shape index (κ1) is 18.0. The topological polar surface area (TPSA) is 49.5 Å². The van der Waals surface area contributed by atoms with Crippen molar-refractivity contribution in [2.75, 3.05) is 20.1 Å². The van der Waals surface area contributed by atoms with Crippen LogP contribution in [0.2, 0.25) is 0 Å². The third kappa shape index (κ3) is 4.72. The predicted molar refractivity (Wildman–Crippen MR) is 90.9 cm³/mol. The molecular formula is C18H32N2O. The Morgan fingerprint density at radius 3 is 1.76 bits per heavy atom. The number of nitrogens with zero attached hydrogens (tertiary/aromatic N) is 1. The lowest BCUT2D eigenvalue weighted by atomic mass is 9.78. The van der Waals surface area contributed by atoms with Gasteiger partial charge in [-0.3, -0.25) is 0 Å². The number of aromatic hydroxyl groups is 1. The first-order chi connectivity index (χ1) is 9.46. The van der Waals surface area contributed by atoms with Gasteiger partial charge in [-0.05, 0) is 34.6 Å². The van der Waals surface area contributed by atoms with Crippen LogP contribution in [0.5, 0.6) is 5.75 Å². The monoisotopic (exact) mass is 292 g/mol. The van der Waals surface area contributed by atoms with E-state index in [1.54, 1.807) is 0 Å². The van der Waals surface area contributed by atoms with Gasteiger partial charge in [-0.15, -0.1) is 0 Å². The largest absolute Gasteiger partial charge is 0.507 e. The third-order valence-electron chi connectivity index (χ3n) is 3.75. The number of hydrogen-bond donors (Lipinski definition) is 2. The first-order valence-corrected chi connectivity index (χ1v) is 7.72. The van der Waals surface area contributed by atoms with Crippen molar-refractivity contribution in [3.63, 3.8) is 0 Å². The molecule has 0 fully saturated rings. The van der Waals surface area contributed by atoms with Gasteiger partial charge in [0.2, 0.25) is 0 Å². The van der Waals surface area contributed by atoms with Crippen LogP contribution in [0.3, 0.4) is 0 Å². The second-order valence-electron chi connectivity index (χ2n) is 8.07. The summed E-state index contributed by atoms with van der Waals surface area (Å²) in [5.41, 5.74) is 8.74. The molecule has 0 heterocycles. The van der Waals surface area contributed by atoms with Crippen molar-refractivity contribution in [2.45, 2.75) is 58.9 Å². The molecule has 3 heteroatoms. The zero-order valence-electron chi connectivity index (χ0n) is 14.7. The highest BCUT2D eigenvalue weighted by molar-refractivity contribution is 5.49. The van der Waals surface area contributed by atoms with Crippen LogP contribution in [0.25, 0.3) is 0 Å². The molecule has 0 aliphatic heterocycles. The Hall–Kier alpha value is -1.06. The summed E-state index contributed by atoms with van der Waals surface area (Å²) >= 11 is 0. The number of nitrogens with two attached hydrogens (primary N) is 1. The number of phenolic OH excluding ortho intramolecular Hbond substituents is 1. The average Bonchev–Trinajstić information content (AvgIpc) is 2.28. The molecule has 21 heavy (non-hydrogen) atoms. The van der Waals surface area contributed by atoms with E-state index in [-0.39, 0.29) is 10.8 Å². The summed E-state index contributed by atoms with van der Waals surface area (Å²) in [6.45, 7) is 15.2. The number of hydrogen-bond acceptors (Lipinski definition) is 3. The van der Waals surface area contributed by atoms with Crippen LogP contribution in [0, 0.1) is 0 Å². The van der Waals surface area contributed by atoms with E-state index in [4.69, 9.17) is 5.73 Å². The number of benzene rings is 1. The van der Waals surface area contributed by atoms with E-state index in [2.05, 4.69) is 65.6 Å². The zero-order valence-corrected chi connectivity index (χ0v) is 14.7. The molecule has 0 aliphatic rings. The van der Waals surface area contributed by atoms with E-state index in [9.17, 15) is 5.11 Å². The van der Waals surface area contributed by atoms with Gasteiger partial charge in [0.1, 0.15) is 5.75 Å². The fourth-order valence-electron chi connectivity index (χ4n) is 2.54. The lowest BCUT2D eigenvalue weighted by Crippen LogP contribution is -2.26. The second kappa shape index (κ2) is 6.37. The molecule has 0 unspecified atom stereocenters. The molecule has 1 aromatic carbocycles. The molecule has 3 N–H and O–H groups in total. The zero-order chi connectivity index (χ0) is 16.4. The molecular weight excluding hydrogens is 260 g/mol. The number of rotatable bonds is 4. The first-order valence-electron chi connectivity index (χ1n) is 7.72. The molecule has 120 valence electrons. The fourth-order valence-corrected chi connectivity index (χ4v) is 2.54. The maximum atomic E-state index is 10.7. The van der Waals surface area contributed by atoms with Crippen molar-refractivity contribution in [2.24, 2.45) is 5.73 Å². The van der Waals surface area contributed by atoms with Crippen LogP contribution in [0.15, 0.2) is 12.1 Å². The Bertz CT molecular complexity index is 446. The number of phenols is 1. The molecule has 0 bridgehead atoms. The standard InChI is InChI=1S/C18H32N2O/c1-17(2,3)14-10-13(12-20(7)9-8-19)11-15(16(14)21)18(4,5)6/h10-11,21H,8-9,12,19H2,1-7H3. The normalized spacial score (nSPS) is 13.0. The lowest BCUT2D eigenvalue weighted by Gasteiger charge is -2.29. The quantitative estimate of drug-likeness (QED) is 0.894. The molecule has 1 rings (SSSR count). The molecule has 0 atom stereocenters. The summed E-state index contributed by atoms with van der Waals surface area (Å²) in [6, 6.07) is 4.27. The highest BCUT2D eigenvalue weighted by Crippen LogP contribution is 2.39. The summed E-state index contributed by atoms with van der Waals surface area (Å²) < 4.78 is 0. The Morgan fingerprint density at radius 2 is 1.43 bits per heavy atom. The molecule has 3 nitrogen and oxygen atoms in total. The Morgan fingerprint density at radius 1 is 1.00 bits per heavy atom. The van der Waals surface area contributed by atoms with Gasteiger partial charge < -0.3 is 15.7 Å². The van der Waals surface area contributed by atoms with Crippen molar-refractivity contribution in [3.05, 3.63) is 28.8 Å². The van der Waals surface area contributed by atoms with Gasteiger partial charge in [-0.1, -0.05) is 53.7 Å². The van der Waals surface area contributed by atoms with E-state index in [0.29, 0.717) is 12.3 Å². The molecule has 0 amide bonds. The van der Waals surface area contributed by atoms with Gasteiger partial charge in [-0.25, -0.2) is 0 Å². The van der Waals surface area contributed by atoms with Crippen molar-refractivity contribution < 1.29 is 5.11 Å². The minimum absolute atomic E-state index is 0.0769. The van der Waals surface area contributed by atoms with Gasteiger partial charge >= 0.3 is 0 Å². The van der Waals surface area contributed by atoms with Crippen LogP contribution in [0.1, 0.15) is 58.2 Å². The Kier molecular flexibility index (Phi) is 5.46. The van der Waals surface area contributed by atoms with Crippen LogP contribution >= 0.6 is 0 Å². The fraction of sp³-hybridized carbons (Fsp3) is 0.667. The molecule has 0 spiro atoms. The summed E-state index contributed by atoms with van der Waals surface area (Å²) in [7, 11) is 2.08. The van der Waals surface area contributed by atoms with Crippen molar-refractivity contribution in [3.8, 4) is 5.75 Å². The van der Waals surface area contributed by atoms with E-state index >= 15 is 0 Å². The second-order valence-corrected chi connectivity index (χ2v) is 8.07. The third-order valence-corrected chi connectivity index (χ3v) is 3.75. The summed E-state index contributed by atoms with van der Waals surface area (Å²) in [6.07, 6.45) is 0. The Labute approximate surface area is 130 Å². The maximum absolute atomic E-state index is 10.7. The molecule has 0 saturated heterocycles. The van der Waals surface area contributed by atoms with Crippen LogP contribution in [-0.4, -0.2) is 30.1 Å². The van der Waals surface area contributed by atoms with Crippen LogP contribution in [0.4, 0.5) is 0 Å². The molecule has 0 saturated carbocycles. The van der Waals surface area contributed by atoms with Crippen molar-refractivity contribution in [1.82, 2.24) is 4.90 Å². The van der Waals surface area contributed by atoms with Gasteiger partial charge in [0, 0.05) is 19.6 Å². The minimum atomic E-state index is -0.0769. The minimum Gasteiger partial charge on any atom is -0.507 e. The Balaban J connectivity index is 3.34. The molecule has 1 aromatic rings. The summed E-state index contributed by atoms with van der Waals surface area (Å²) in [4.78, 5) is 2.21. The summed E-state index contributed by atoms with van der Waals surface area (Å²) in [5.74, 6) is 0.445. The highest BCUT2D eigenvalue weighted by Gasteiger charge is 2.26. The van der Waals surface area contributed by atoms with E-state index in [0.717, 1.165) is 24.2 Å². The van der Waals surface area contributed by atoms with E-state index in [1.807, 2.05) is 0 Å². The smallest absolute Gasteiger partial charge is 0.123 e. The van der Waals surface area contributed by atoms with Gasteiger partial charge in [0.25, 0.3) is 0 Å². The molecule has 0 aromatic heterocycles. The predicted octanol–water partition coefficient (Wildman–Crippen LogP) is 3.38. The van der Waals surface area contributed by atoms with Gasteiger partial charge in [-0.2, -0.15) is 0 Å². The lowest BCUT2D eigenvalue weighted by molar-refractivity contribution is 0.335. The van der Waals surface area contributed by atoms with Crippen molar-refractivity contribution in [1.29, 1.82) is 0 Å². The van der Waals surface area contributed by atoms with Crippen LogP contribution in [-0.2, 0) is 17.4 Å². The van der Waals surface area contributed by atoms with Gasteiger partial charge in [0.05, 0.1) is 0 Å². The van der Waals surface area contributed by atoms with Gasteiger partial charge in [0.15, 0.2) is 0 Å². The van der Waals surface area contributed by atoms with Crippen LogP contribution < -0.4 is 5.73 Å². The van der Waals surface area contributed by atoms with Crippen molar-refractivity contribution >= 4 is 0 Å². The number of likely N-dealkylation sites (N-methyl/N-ethyl adjacent to an activating group) is 1. The van der Waals surface area contributed by atoms with E-state index in [1.165, 1.54) is 5.56 Å². The molecule has 0 aliphatic carbocycles. The highest BCUT2D eigenvalue weighted by atomic mass is 16.3. The maximum Gasteiger partial charge on any atom is 0.123 e. The molecule has 0 radical (unpaired) electrons. The summed E-state index contributed by atoms with van der Waals surface area (Å²) in [5, 5.41) is 10.7. The SMILES string of the molecule is CN(CCN)Cc1cc(C(C)(C)C)c(O)c(C(C)(C)C)c1.